The lowest BCUT2D eigenvalue weighted by molar-refractivity contribution is 0.0600. The fourth-order valence-electron chi connectivity index (χ4n) is 2.94. The molecule has 2 rings (SSSR count). The van der Waals surface area contributed by atoms with E-state index in [2.05, 4.69) is 30.1 Å². The summed E-state index contributed by atoms with van der Waals surface area (Å²) < 4.78 is 4.78. The zero-order valence-electron chi connectivity index (χ0n) is 13.3. The van der Waals surface area contributed by atoms with Gasteiger partial charge in [0.25, 0.3) is 0 Å². The van der Waals surface area contributed by atoms with E-state index in [-0.39, 0.29) is 5.97 Å². The van der Waals surface area contributed by atoms with Crippen molar-refractivity contribution in [3.8, 4) is 0 Å². The highest BCUT2D eigenvalue weighted by atomic mass is 16.5. The second kappa shape index (κ2) is 7.57. The number of nitrogens with zero attached hydrogens (tertiary/aromatic N) is 1. The summed E-state index contributed by atoms with van der Waals surface area (Å²) in [6.45, 7) is 8.58. The predicted octanol–water partition coefficient (Wildman–Crippen LogP) is 2.29. The fourth-order valence-corrected chi connectivity index (χ4v) is 2.94. The van der Waals surface area contributed by atoms with Crippen LogP contribution in [0.15, 0.2) is 24.3 Å². The Morgan fingerprint density at radius 3 is 3.00 bits per heavy atom. The monoisotopic (exact) mass is 290 g/mol. The van der Waals surface area contributed by atoms with E-state index in [1.54, 1.807) is 6.07 Å². The van der Waals surface area contributed by atoms with Gasteiger partial charge in [-0.15, -0.1) is 0 Å². The summed E-state index contributed by atoms with van der Waals surface area (Å²) in [5.74, 6) is 0.444. The van der Waals surface area contributed by atoms with Gasteiger partial charge >= 0.3 is 5.97 Å². The highest BCUT2D eigenvalue weighted by molar-refractivity contribution is 5.89. The van der Waals surface area contributed by atoms with Crippen molar-refractivity contribution in [3.05, 3.63) is 35.4 Å². The zero-order chi connectivity index (χ0) is 15.2. The van der Waals surface area contributed by atoms with Crippen LogP contribution in [-0.2, 0) is 11.3 Å². The number of hydrogen-bond acceptors (Lipinski definition) is 4. The van der Waals surface area contributed by atoms with Gasteiger partial charge in [-0.25, -0.2) is 4.79 Å². The molecular formula is C17H26N2O2. The molecule has 21 heavy (non-hydrogen) atoms. The largest absolute Gasteiger partial charge is 0.465 e. The molecule has 0 unspecified atom stereocenters. The SMILES string of the molecule is COC(=O)c1cccc(CN2CCN[C@H](CC(C)C)C2)c1. The minimum atomic E-state index is -0.269. The summed E-state index contributed by atoms with van der Waals surface area (Å²) in [7, 11) is 1.42. The third kappa shape index (κ3) is 4.83. The predicted molar refractivity (Wildman–Crippen MR) is 84.3 cm³/mol. The second-order valence-corrected chi connectivity index (χ2v) is 6.21. The fraction of sp³-hybridized carbons (Fsp3) is 0.588. The molecule has 0 spiro atoms. The van der Waals surface area contributed by atoms with E-state index >= 15 is 0 Å². The van der Waals surface area contributed by atoms with E-state index in [0.29, 0.717) is 17.5 Å². The Morgan fingerprint density at radius 1 is 1.48 bits per heavy atom. The summed E-state index contributed by atoms with van der Waals surface area (Å²) in [6.07, 6.45) is 1.21. The standard InChI is InChI=1S/C17H26N2O2/c1-13(2)9-16-12-19(8-7-18-16)11-14-5-4-6-15(10-14)17(20)21-3/h4-6,10,13,16,18H,7-9,11-12H2,1-3H3/t16-/m1/s1. The van der Waals surface area contributed by atoms with Gasteiger partial charge in [0.1, 0.15) is 0 Å². The molecule has 116 valence electrons. The highest BCUT2D eigenvalue weighted by Crippen LogP contribution is 2.14. The van der Waals surface area contributed by atoms with Crippen LogP contribution in [-0.4, -0.2) is 43.7 Å². The lowest BCUT2D eigenvalue weighted by atomic mass is 10.0. The number of piperazine rings is 1. The molecule has 0 aromatic heterocycles. The molecule has 0 saturated carbocycles. The lowest BCUT2D eigenvalue weighted by Gasteiger charge is -2.34. The molecule has 1 aromatic carbocycles. The van der Waals surface area contributed by atoms with Crippen LogP contribution >= 0.6 is 0 Å². The van der Waals surface area contributed by atoms with Crippen molar-refractivity contribution < 1.29 is 9.53 Å². The van der Waals surface area contributed by atoms with Gasteiger partial charge in [-0.1, -0.05) is 26.0 Å². The molecule has 1 atom stereocenters. The Labute approximate surface area is 127 Å². The number of methoxy groups -OCH3 is 1. The molecule has 1 saturated heterocycles. The number of carbonyl (C=O) groups excluding carboxylic acids is 1. The number of hydrogen-bond donors (Lipinski definition) is 1. The maximum absolute atomic E-state index is 11.6. The van der Waals surface area contributed by atoms with Crippen LogP contribution in [0.2, 0.25) is 0 Å². The zero-order valence-corrected chi connectivity index (χ0v) is 13.3. The number of esters is 1. The van der Waals surface area contributed by atoms with E-state index < -0.39 is 0 Å². The quantitative estimate of drug-likeness (QED) is 0.845. The molecule has 1 aliphatic rings. The molecule has 1 heterocycles. The molecule has 1 aliphatic heterocycles. The van der Waals surface area contributed by atoms with E-state index in [1.807, 2.05) is 12.1 Å². The van der Waals surface area contributed by atoms with Crippen LogP contribution in [0.5, 0.6) is 0 Å². The van der Waals surface area contributed by atoms with Crippen LogP contribution in [0.3, 0.4) is 0 Å². The van der Waals surface area contributed by atoms with Crippen molar-refractivity contribution in [2.75, 3.05) is 26.7 Å². The van der Waals surface area contributed by atoms with E-state index in [1.165, 1.54) is 19.1 Å². The van der Waals surface area contributed by atoms with Crippen LogP contribution in [0.4, 0.5) is 0 Å². The minimum absolute atomic E-state index is 0.269. The van der Waals surface area contributed by atoms with Gasteiger partial charge in [0.05, 0.1) is 12.7 Å². The Kier molecular flexibility index (Phi) is 5.76. The van der Waals surface area contributed by atoms with Crippen LogP contribution in [0, 0.1) is 5.92 Å². The van der Waals surface area contributed by atoms with Gasteiger partial charge in [-0.05, 0) is 30.0 Å². The van der Waals surface area contributed by atoms with Crippen molar-refractivity contribution in [1.29, 1.82) is 0 Å². The Hall–Kier alpha value is -1.39. The molecule has 0 aliphatic carbocycles. The normalized spacial score (nSPS) is 19.7. The summed E-state index contributed by atoms with van der Waals surface area (Å²) in [6, 6.07) is 8.31. The van der Waals surface area contributed by atoms with Gasteiger partial charge in [0.2, 0.25) is 0 Å². The molecular weight excluding hydrogens is 264 g/mol. The molecule has 0 amide bonds. The van der Waals surface area contributed by atoms with E-state index in [0.717, 1.165) is 26.2 Å². The summed E-state index contributed by atoms with van der Waals surface area (Å²) in [5, 5.41) is 3.59. The summed E-state index contributed by atoms with van der Waals surface area (Å²) in [4.78, 5) is 14.0. The second-order valence-electron chi connectivity index (χ2n) is 6.21. The molecule has 0 radical (unpaired) electrons. The summed E-state index contributed by atoms with van der Waals surface area (Å²) in [5.41, 5.74) is 1.80. The Morgan fingerprint density at radius 2 is 2.29 bits per heavy atom. The molecule has 0 bridgehead atoms. The third-order valence-corrected chi connectivity index (χ3v) is 3.85. The van der Waals surface area contributed by atoms with E-state index in [9.17, 15) is 4.79 Å². The Balaban J connectivity index is 1.96. The first-order valence-electron chi connectivity index (χ1n) is 7.71. The number of ether oxygens (including phenoxy) is 1. The van der Waals surface area contributed by atoms with Crippen LogP contribution in [0.1, 0.15) is 36.2 Å². The topological polar surface area (TPSA) is 41.6 Å². The minimum Gasteiger partial charge on any atom is -0.465 e. The maximum atomic E-state index is 11.6. The van der Waals surface area contributed by atoms with Gasteiger partial charge in [-0.2, -0.15) is 0 Å². The Bertz CT molecular complexity index is 474. The number of carbonyl (C=O) groups is 1. The third-order valence-electron chi connectivity index (χ3n) is 3.85. The van der Waals surface area contributed by atoms with Crippen LogP contribution in [0.25, 0.3) is 0 Å². The number of benzene rings is 1. The van der Waals surface area contributed by atoms with Crippen molar-refractivity contribution in [1.82, 2.24) is 10.2 Å². The van der Waals surface area contributed by atoms with Gasteiger partial charge in [0.15, 0.2) is 0 Å². The van der Waals surface area contributed by atoms with Gasteiger partial charge < -0.3 is 10.1 Å². The lowest BCUT2D eigenvalue weighted by Crippen LogP contribution is -2.50. The van der Waals surface area contributed by atoms with Gasteiger partial charge in [-0.3, -0.25) is 4.90 Å². The summed E-state index contributed by atoms with van der Waals surface area (Å²) >= 11 is 0. The molecule has 1 fully saturated rings. The average molecular weight is 290 g/mol. The van der Waals surface area contributed by atoms with Crippen molar-refractivity contribution in [2.45, 2.75) is 32.9 Å². The molecule has 1 aromatic rings. The molecule has 4 heteroatoms. The van der Waals surface area contributed by atoms with Crippen molar-refractivity contribution in [2.24, 2.45) is 5.92 Å². The molecule has 1 N–H and O–H groups in total. The first-order valence-corrected chi connectivity index (χ1v) is 7.71. The smallest absolute Gasteiger partial charge is 0.337 e. The number of nitrogens with one attached hydrogen (secondary N) is 1. The average Bonchev–Trinajstić information content (AvgIpc) is 2.46. The van der Waals surface area contributed by atoms with Crippen LogP contribution < -0.4 is 5.32 Å². The van der Waals surface area contributed by atoms with Crippen molar-refractivity contribution in [3.63, 3.8) is 0 Å². The molecule has 4 nitrogen and oxygen atoms in total. The first kappa shape index (κ1) is 16.0. The van der Waals surface area contributed by atoms with Crippen molar-refractivity contribution >= 4 is 5.97 Å². The highest BCUT2D eigenvalue weighted by Gasteiger charge is 2.20. The van der Waals surface area contributed by atoms with Gasteiger partial charge in [0, 0.05) is 32.2 Å². The maximum Gasteiger partial charge on any atom is 0.337 e. The number of rotatable bonds is 5. The van der Waals surface area contributed by atoms with E-state index in [4.69, 9.17) is 4.74 Å². The first-order chi connectivity index (χ1) is 10.1.